The molecule has 9 heteroatoms. The molecule has 0 saturated heterocycles. The zero-order chi connectivity index (χ0) is 16.5. The van der Waals surface area contributed by atoms with E-state index in [2.05, 4.69) is 25.9 Å². The number of amides is 1. The predicted octanol–water partition coefficient (Wildman–Crippen LogP) is 1.26. The maximum absolute atomic E-state index is 11.4. The molecule has 0 aromatic carbocycles. The van der Waals surface area contributed by atoms with Gasteiger partial charge in [-0.05, 0) is 0 Å². The van der Waals surface area contributed by atoms with Crippen LogP contribution in [0.5, 0.6) is 0 Å². The minimum absolute atomic E-state index is 0. The Morgan fingerprint density at radius 1 is 1.30 bits per heavy atom. The molecule has 0 saturated carbocycles. The second-order valence-corrected chi connectivity index (χ2v) is 6.15. The molecular formula is C14H27IN6OS. The van der Waals surface area contributed by atoms with Crippen molar-refractivity contribution in [1.82, 2.24) is 20.9 Å². The summed E-state index contributed by atoms with van der Waals surface area (Å²) in [5.74, 6) is 0.759. The Hall–Kier alpha value is -1.10. The van der Waals surface area contributed by atoms with Gasteiger partial charge in [0.25, 0.3) is 0 Å². The average molecular weight is 454 g/mol. The lowest BCUT2D eigenvalue weighted by Crippen LogP contribution is -2.41. The minimum Gasteiger partial charge on any atom is -0.355 e. The van der Waals surface area contributed by atoms with E-state index in [-0.39, 0.29) is 35.8 Å². The molecule has 1 aromatic heterocycles. The zero-order valence-electron chi connectivity index (χ0n) is 14.3. The normalized spacial score (nSPS) is 11.0. The summed E-state index contributed by atoms with van der Waals surface area (Å²) in [5.41, 5.74) is 0.977. The van der Waals surface area contributed by atoms with Gasteiger partial charge in [-0.15, -0.1) is 35.3 Å². The Morgan fingerprint density at radius 3 is 2.48 bits per heavy atom. The molecule has 1 heterocycles. The van der Waals surface area contributed by atoms with Crippen LogP contribution in [0.15, 0.2) is 10.4 Å². The number of hydrogen-bond acceptors (Lipinski definition) is 5. The first-order chi connectivity index (χ1) is 10.4. The van der Waals surface area contributed by atoms with E-state index in [1.54, 1.807) is 18.4 Å². The predicted molar refractivity (Wildman–Crippen MR) is 108 cm³/mol. The number of carbonyl (C=O) groups is 1. The fourth-order valence-corrected chi connectivity index (χ4v) is 2.31. The van der Waals surface area contributed by atoms with Crippen LogP contribution in [0.4, 0.5) is 5.13 Å². The fourth-order valence-electron chi connectivity index (χ4n) is 1.55. The second-order valence-electron chi connectivity index (χ2n) is 5.31. The summed E-state index contributed by atoms with van der Waals surface area (Å²) in [7, 11) is 5.66. The number of carbonyl (C=O) groups excluding carboxylic acids is 1. The number of aromatic nitrogens is 1. The van der Waals surface area contributed by atoms with Crippen molar-refractivity contribution in [3.05, 3.63) is 11.1 Å². The van der Waals surface area contributed by atoms with E-state index in [1.807, 2.05) is 38.2 Å². The highest BCUT2D eigenvalue weighted by Crippen LogP contribution is 2.17. The number of guanidine groups is 1. The molecule has 0 aliphatic rings. The van der Waals surface area contributed by atoms with Crippen LogP contribution in [0.2, 0.25) is 0 Å². The Kier molecular flexibility index (Phi) is 10.9. The standard InChI is InChI=1S/C14H26N6OS.HI/c1-10(2)12(21)16-6-7-17-13(15-3)18-8-11-9-22-14(19-11)20(4)5;/h9-10H,6-8H2,1-5H3,(H,16,21)(H2,15,17,18);1H. The number of rotatable bonds is 7. The van der Waals surface area contributed by atoms with Gasteiger partial charge < -0.3 is 20.9 Å². The molecule has 1 aromatic rings. The molecule has 1 rings (SSSR count). The van der Waals surface area contributed by atoms with Gasteiger partial charge in [-0.25, -0.2) is 4.98 Å². The van der Waals surface area contributed by atoms with Gasteiger partial charge in [0.05, 0.1) is 12.2 Å². The molecule has 7 nitrogen and oxygen atoms in total. The summed E-state index contributed by atoms with van der Waals surface area (Å²) in [6.07, 6.45) is 0. The molecule has 0 fully saturated rings. The van der Waals surface area contributed by atoms with Crippen LogP contribution >= 0.6 is 35.3 Å². The van der Waals surface area contributed by atoms with Gasteiger partial charge >= 0.3 is 0 Å². The maximum Gasteiger partial charge on any atom is 0.222 e. The highest BCUT2D eigenvalue weighted by molar-refractivity contribution is 14.0. The molecule has 0 aliphatic heterocycles. The quantitative estimate of drug-likeness (QED) is 0.250. The van der Waals surface area contributed by atoms with Crippen LogP contribution in [-0.4, -0.2) is 51.1 Å². The number of hydrogen-bond donors (Lipinski definition) is 3. The second kappa shape index (κ2) is 11.4. The third-order valence-electron chi connectivity index (χ3n) is 2.82. The molecule has 0 unspecified atom stereocenters. The number of aliphatic imine (C=N–C) groups is 1. The van der Waals surface area contributed by atoms with E-state index in [0.29, 0.717) is 25.6 Å². The lowest BCUT2D eigenvalue weighted by molar-refractivity contribution is -0.123. The first kappa shape index (κ1) is 21.9. The van der Waals surface area contributed by atoms with Crippen LogP contribution in [0, 0.1) is 5.92 Å². The number of thiazole rings is 1. The van der Waals surface area contributed by atoms with Crippen LogP contribution < -0.4 is 20.9 Å². The molecule has 0 atom stereocenters. The van der Waals surface area contributed by atoms with E-state index in [9.17, 15) is 4.79 Å². The van der Waals surface area contributed by atoms with Crippen LogP contribution in [-0.2, 0) is 11.3 Å². The molecule has 132 valence electrons. The Labute approximate surface area is 159 Å². The van der Waals surface area contributed by atoms with Gasteiger partial charge in [-0.2, -0.15) is 0 Å². The van der Waals surface area contributed by atoms with Crippen molar-refractivity contribution in [3.63, 3.8) is 0 Å². The molecule has 0 aliphatic carbocycles. The lowest BCUT2D eigenvalue weighted by Gasteiger charge is -2.12. The number of halogens is 1. The monoisotopic (exact) mass is 454 g/mol. The zero-order valence-corrected chi connectivity index (χ0v) is 17.5. The van der Waals surface area contributed by atoms with Crippen LogP contribution in [0.25, 0.3) is 0 Å². The topological polar surface area (TPSA) is 81.6 Å². The van der Waals surface area contributed by atoms with Gasteiger partial charge in [0.2, 0.25) is 5.91 Å². The van der Waals surface area contributed by atoms with E-state index >= 15 is 0 Å². The molecule has 3 N–H and O–H groups in total. The van der Waals surface area contributed by atoms with Gasteiger partial charge in [-0.1, -0.05) is 13.8 Å². The first-order valence-electron chi connectivity index (χ1n) is 7.28. The largest absolute Gasteiger partial charge is 0.355 e. The molecule has 0 radical (unpaired) electrons. The van der Waals surface area contributed by atoms with Crippen molar-refractivity contribution in [3.8, 4) is 0 Å². The van der Waals surface area contributed by atoms with Crippen molar-refractivity contribution >= 4 is 52.3 Å². The van der Waals surface area contributed by atoms with E-state index in [4.69, 9.17) is 0 Å². The van der Waals surface area contributed by atoms with Crippen LogP contribution in [0.1, 0.15) is 19.5 Å². The molecular weight excluding hydrogens is 427 g/mol. The summed E-state index contributed by atoms with van der Waals surface area (Å²) in [5, 5.41) is 12.2. The van der Waals surface area contributed by atoms with E-state index in [1.165, 1.54) is 0 Å². The highest BCUT2D eigenvalue weighted by Gasteiger charge is 2.06. The van der Waals surface area contributed by atoms with Gasteiger partial charge in [0, 0.05) is 45.5 Å². The first-order valence-corrected chi connectivity index (χ1v) is 8.16. The molecule has 0 spiro atoms. The molecule has 1 amide bonds. The summed E-state index contributed by atoms with van der Waals surface area (Å²) in [4.78, 5) is 22.1. The van der Waals surface area contributed by atoms with Crippen molar-refractivity contribution in [2.45, 2.75) is 20.4 Å². The summed E-state index contributed by atoms with van der Waals surface area (Å²) < 4.78 is 0. The van der Waals surface area contributed by atoms with Crippen molar-refractivity contribution in [1.29, 1.82) is 0 Å². The Balaban J connectivity index is 0.00000484. The summed E-state index contributed by atoms with van der Waals surface area (Å²) >= 11 is 1.61. The third kappa shape index (κ3) is 8.35. The van der Waals surface area contributed by atoms with Crippen molar-refractivity contribution in [2.75, 3.05) is 39.1 Å². The maximum atomic E-state index is 11.4. The SMILES string of the molecule is CN=C(NCCNC(=O)C(C)C)NCc1csc(N(C)C)n1.I. The van der Waals surface area contributed by atoms with Gasteiger partial charge in [0.15, 0.2) is 11.1 Å². The van der Waals surface area contributed by atoms with Gasteiger partial charge in [-0.3, -0.25) is 9.79 Å². The smallest absolute Gasteiger partial charge is 0.222 e. The number of anilines is 1. The van der Waals surface area contributed by atoms with Crippen molar-refractivity contribution < 1.29 is 4.79 Å². The molecule has 23 heavy (non-hydrogen) atoms. The average Bonchev–Trinajstić information content (AvgIpc) is 2.95. The third-order valence-corrected chi connectivity index (χ3v) is 3.88. The Bertz CT molecular complexity index is 503. The lowest BCUT2D eigenvalue weighted by atomic mass is 10.2. The summed E-state index contributed by atoms with van der Waals surface area (Å²) in [6.45, 7) is 5.55. The van der Waals surface area contributed by atoms with E-state index < -0.39 is 0 Å². The molecule has 0 bridgehead atoms. The van der Waals surface area contributed by atoms with Crippen molar-refractivity contribution in [2.24, 2.45) is 10.9 Å². The highest BCUT2D eigenvalue weighted by atomic mass is 127. The minimum atomic E-state index is 0. The number of nitrogens with zero attached hydrogens (tertiary/aromatic N) is 3. The fraction of sp³-hybridized carbons (Fsp3) is 0.643. The van der Waals surface area contributed by atoms with Crippen LogP contribution in [0.3, 0.4) is 0 Å². The van der Waals surface area contributed by atoms with E-state index in [0.717, 1.165) is 10.8 Å². The Morgan fingerprint density at radius 2 is 1.96 bits per heavy atom. The number of nitrogens with one attached hydrogen (secondary N) is 3. The summed E-state index contributed by atoms with van der Waals surface area (Å²) in [6, 6.07) is 0. The van der Waals surface area contributed by atoms with Gasteiger partial charge in [0.1, 0.15) is 0 Å².